The number of alkyl halides is 1. The molecule has 22 heavy (non-hydrogen) atoms. The summed E-state index contributed by atoms with van der Waals surface area (Å²) in [7, 11) is 0. The Bertz CT molecular complexity index is 744. The van der Waals surface area contributed by atoms with Crippen LogP contribution in [0.25, 0.3) is 0 Å². The number of nitro groups is 1. The third-order valence-corrected chi connectivity index (χ3v) is 4.08. The minimum absolute atomic E-state index is 0.00376. The molecular weight excluding hydrogens is 304 g/mol. The fourth-order valence-electron chi connectivity index (χ4n) is 2.58. The van der Waals surface area contributed by atoms with Crippen LogP contribution in [0.1, 0.15) is 21.5 Å². The molecule has 0 spiro atoms. The number of non-ortho nitro benzene ring substituents is 1. The molecule has 1 aliphatic heterocycles. The van der Waals surface area contributed by atoms with Gasteiger partial charge >= 0.3 is 0 Å². The standard InChI is InChI=1S/C16H13ClN2O3/c17-10-11-1-3-13(4-2-11)16(20)18-8-7-12-5-6-14(19(21)22)9-15(12)18/h1-6,9H,7-8,10H2. The molecule has 6 heteroatoms. The minimum Gasteiger partial charge on any atom is -0.308 e. The molecule has 0 aromatic heterocycles. The number of rotatable bonds is 3. The quantitative estimate of drug-likeness (QED) is 0.494. The van der Waals surface area contributed by atoms with E-state index >= 15 is 0 Å². The van der Waals surface area contributed by atoms with Crippen molar-refractivity contribution in [2.24, 2.45) is 0 Å². The lowest BCUT2D eigenvalue weighted by atomic mass is 10.1. The average molecular weight is 317 g/mol. The van der Waals surface area contributed by atoms with E-state index in [2.05, 4.69) is 0 Å². The highest BCUT2D eigenvalue weighted by Crippen LogP contribution is 2.32. The molecule has 112 valence electrons. The number of amides is 1. The molecule has 2 aromatic rings. The Morgan fingerprint density at radius 2 is 1.95 bits per heavy atom. The number of nitrogens with zero attached hydrogens (tertiary/aromatic N) is 2. The third-order valence-electron chi connectivity index (χ3n) is 3.78. The maximum Gasteiger partial charge on any atom is 0.271 e. The van der Waals surface area contributed by atoms with Crippen LogP contribution < -0.4 is 4.90 Å². The smallest absolute Gasteiger partial charge is 0.271 e. The number of nitro benzene ring substituents is 1. The van der Waals surface area contributed by atoms with E-state index in [9.17, 15) is 14.9 Å². The van der Waals surface area contributed by atoms with Crippen LogP contribution in [0.5, 0.6) is 0 Å². The van der Waals surface area contributed by atoms with Crippen molar-refractivity contribution in [3.8, 4) is 0 Å². The first-order chi connectivity index (χ1) is 10.6. The van der Waals surface area contributed by atoms with Crippen LogP contribution in [-0.4, -0.2) is 17.4 Å². The number of carbonyl (C=O) groups excluding carboxylic acids is 1. The van der Waals surface area contributed by atoms with Crippen molar-refractivity contribution in [3.63, 3.8) is 0 Å². The predicted octanol–water partition coefficient (Wildman–Crippen LogP) is 3.54. The van der Waals surface area contributed by atoms with Crippen molar-refractivity contribution in [2.45, 2.75) is 12.3 Å². The molecule has 0 fully saturated rings. The van der Waals surface area contributed by atoms with Crippen LogP contribution in [0.3, 0.4) is 0 Å². The Labute approximate surface area is 132 Å². The summed E-state index contributed by atoms with van der Waals surface area (Å²) in [5.41, 5.74) is 3.07. The SMILES string of the molecule is O=C(c1ccc(CCl)cc1)N1CCc2ccc([N+](=O)[O-])cc21. The molecule has 1 amide bonds. The number of halogens is 1. The Kier molecular flexibility index (Phi) is 3.81. The van der Waals surface area contributed by atoms with E-state index in [1.807, 2.05) is 12.1 Å². The van der Waals surface area contributed by atoms with Crippen molar-refractivity contribution in [3.05, 3.63) is 69.3 Å². The largest absolute Gasteiger partial charge is 0.308 e. The predicted molar refractivity (Wildman–Crippen MR) is 84.5 cm³/mol. The van der Waals surface area contributed by atoms with Crippen molar-refractivity contribution < 1.29 is 9.72 Å². The highest BCUT2D eigenvalue weighted by molar-refractivity contribution is 6.17. The lowest BCUT2D eigenvalue weighted by Gasteiger charge is -2.17. The van der Waals surface area contributed by atoms with E-state index in [4.69, 9.17) is 11.6 Å². The topological polar surface area (TPSA) is 63.5 Å². The summed E-state index contributed by atoms with van der Waals surface area (Å²) in [4.78, 5) is 24.7. The van der Waals surface area contributed by atoms with Gasteiger partial charge in [-0.25, -0.2) is 0 Å². The summed E-state index contributed by atoms with van der Waals surface area (Å²) in [6, 6.07) is 11.7. The Morgan fingerprint density at radius 3 is 2.59 bits per heavy atom. The number of fused-ring (bicyclic) bond motifs is 1. The van der Waals surface area contributed by atoms with E-state index < -0.39 is 4.92 Å². The van der Waals surface area contributed by atoms with Gasteiger partial charge in [0.1, 0.15) is 0 Å². The molecule has 0 unspecified atom stereocenters. The van der Waals surface area contributed by atoms with Crippen LogP contribution in [0.2, 0.25) is 0 Å². The van der Waals surface area contributed by atoms with E-state index in [0.29, 0.717) is 30.1 Å². The zero-order chi connectivity index (χ0) is 15.7. The van der Waals surface area contributed by atoms with Crippen LogP contribution in [-0.2, 0) is 12.3 Å². The van der Waals surface area contributed by atoms with E-state index in [1.165, 1.54) is 12.1 Å². The third kappa shape index (κ3) is 2.55. The summed E-state index contributed by atoms with van der Waals surface area (Å²) in [5, 5.41) is 10.9. The fraction of sp³-hybridized carbons (Fsp3) is 0.188. The molecule has 0 radical (unpaired) electrons. The van der Waals surface area contributed by atoms with Crippen molar-refractivity contribution in [1.82, 2.24) is 0 Å². The first kappa shape index (κ1) is 14.5. The Balaban J connectivity index is 1.92. The lowest BCUT2D eigenvalue weighted by molar-refractivity contribution is -0.384. The molecule has 0 aliphatic carbocycles. The molecule has 0 N–H and O–H groups in total. The van der Waals surface area contributed by atoms with Crippen LogP contribution in [0, 0.1) is 10.1 Å². The zero-order valence-electron chi connectivity index (χ0n) is 11.7. The molecule has 3 rings (SSSR count). The first-order valence-corrected chi connectivity index (χ1v) is 7.37. The minimum atomic E-state index is -0.448. The summed E-state index contributed by atoms with van der Waals surface area (Å²) in [6.45, 7) is 0.534. The molecule has 0 saturated carbocycles. The Morgan fingerprint density at radius 1 is 1.23 bits per heavy atom. The highest BCUT2D eigenvalue weighted by Gasteiger charge is 2.27. The van der Waals surface area contributed by atoms with Gasteiger partial charge in [-0.05, 0) is 29.7 Å². The lowest BCUT2D eigenvalue weighted by Crippen LogP contribution is -2.28. The van der Waals surface area contributed by atoms with Gasteiger partial charge in [0.15, 0.2) is 0 Å². The van der Waals surface area contributed by atoms with Gasteiger partial charge < -0.3 is 4.90 Å². The van der Waals surface area contributed by atoms with Crippen molar-refractivity contribution in [2.75, 3.05) is 11.4 Å². The number of hydrogen-bond donors (Lipinski definition) is 0. The molecule has 0 saturated heterocycles. The van der Waals surface area contributed by atoms with Crippen molar-refractivity contribution >= 4 is 28.9 Å². The molecule has 1 aliphatic rings. The Hall–Kier alpha value is -2.40. The number of benzene rings is 2. The fourth-order valence-corrected chi connectivity index (χ4v) is 2.76. The van der Waals surface area contributed by atoms with Crippen LogP contribution >= 0.6 is 11.6 Å². The summed E-state index contributed by atoms with van der Waals surface area (Å²) >= 11 is 5.74. The van der Waals surface area contributed by atoms with Gasteiger partial charge in [0.2, 0.25) is 0 Å². The van der Waals surface area contributed by atoms with Gasteiger partial charge in [-0.15, -0.1) is 11.6 Å². The second-order valence-electron chi connectivity index (χ2n) is 5.11. The summed E-state index contributed by atoms with van der Waals surface area (Å²) < 4.78 is 0. The molecule has 0 atom stereocenters. The van der Waals surface area contributed by atoms with Gasteiger partial charge in [-0.2, -0.15) is 0 Å². The average Bonchev–Trinajstić information content (AvgIpc) is 2.97. The molecule has 2 aromatic carbocycles. The van der Waals surface area contributed by atoms with Gasteiger partial charge in [-0.3, -0.25) is 14.9 Å². The second kappa shape index (κ2) is 5.77. The zero-order valence-corrected chi connectivity index (χ0v) is 12.4. The number of carbonyl (C=O) groups is 1. The van der Waals surface area contributed by atoms with E-state index in [1.54, 1.807) is 23.1 Å². The van der Waals surface area contributed by atoms with E-state index in [0.717, 1.165) is 11.1 Å². The monoisotopic (exact) mass is 316 g/mol. The maximum atomic E-state index is 12.6. The molecule has 0 bridgehead atoms. The van der Waals surface area contributed by atoms with E-state index in [-0.39, 0.29) is 11.6 Å². The normalized spacial score (nSPS) is 13.0. The maximum absolute atomic E-state index is 12.6. The molecule has 1 heterocycles. The van der Waals surface area contributed by atoms with Crippen LogP contribution in [0.15, 0.2) is 42.5 Å². The first-order valence-electron chi connectivity index (χ1n) is 6.84. The van der Waals surface area contributed by atoms with Crippen molar-refractivity contribution in [1.29, 1.82) is 0 Å². The van der Waals surface area contributed by atoms with Gasteiger partial charge in [0.25, 0.3) is 11.6 Å². The summed E-state index contributed by atoms with van der Waals surface area (Å²) in [6.07, 6.45) is 0.707. The van der Waals surface area contributed by atoms with Gasteiger partial charge in [0, 0.05) is 30.1 Å². The number of anilines is 1. The van der Waals surface area contributed by atoms with Gasteiger partial charge in [-0.1, -0.05) is 18.2 Å². The number of hydrogen-bond acceptors (Lipinski definition) is 3. The van der Waals surface area contributed by atoms with Gasteiger partial charge in [0.05, 0.1) is 10.6 Å². The molecule has 5 nitrogen and oxygen atoms in total. The molecular formula is C16H13ClN2O3. The second-order valence-corrected chi connectivity index (χ2v) is 5.37. The highest BCUT2D eigenvalue weighted by atomic mass is 35.5. The summed E-state index contributed by atoms with van der Waals surface area (Å²) in [5.74, 6) is 0.244. The van der Waals surface area contributed by atoms with Crippen LogP contribution in [0.4, 0.5) is 11.4 Å².